The zero-order chi connectivity index (χ0) is 14.4. The number of hydrogen-bond acceptors (Lipinski definition) is 5. The molecule has 0 fully saturated rings. The number of hydrogen-bond donors (Lipinski definition) is 2. The third-order valence-corrected chi connectivity index (χ3v) is 2.40. The van der Waals surface area contributed by atoms with Crippen LogP contribution in [-0.2, 0) is 11.8 Å². The van der Waals surface area contributed by atoms with Gasteiger partial charge in [0.1, 0.15) is 0 Å². The van der Waals surface area contributed by atoms with Crippen molar-refractivity contribution < 1.29 is 4.79 Å². The molecule has 1 amide bonds. The molecule has 0 radical (unpaired) electrons. The number of tetrazole rings is 1. The number of nitrogens with one attached hydrogen (secondary N) is 2. The first-order chi connectivity index (χ1) is 9.63. The van der Waals surface area contributed by atoms with Crippen LogP contribution < -0.4 is 10.6 Å². The van der Waals surface area contributed by atoms with E-state index in [1.165, 1.54) is 10.9 Å². The minimum Gasteiger partial charge on any atom is -0.299 e. The van der Waals surface area contributed by atoms with E-state index in [0.29, 0.717) is 0 Å². The molecule has 2 N–H and O–H groups in total. The van der Waals surface area contributed by atoms with Crippen LogP contribution in [0.5, 0.6) is 0 Å². The summed E-state index contributed by atoms with van der Waals surface area (Å²) in [7, 11) is 1.63. The molecule has 0 aliphatic rings. The Bertz CT molecular complexity index is 636. The van der Waals surface area contributed by atoms with E-state index in [9.17, 15) is 4.79 Å². The van der Waals surface area contributed by atoms with E-state index in [1.807, 2.05) is 30.3 Å². The molecule has 0 aliphatic heterocycles. The fraction of sp³-hybridized carbons (Fsp3) is 0.0833. The second kappa shape index (κ2) is 6.53. The van der Waals surface area contributed by atoms with Crippen molar-refractivity contribution in [2.75, 3.05) is 5.32 Å². The molecule has 2 aromatic rings. The van der Waals surface area contributed by atoms with E-state index in [0.717, 1.165) is 5.56 Å². The third-order valence-electron chi connectivity index (χ3n) is 2.20. The summed E-state index contributed by atoms with van der Waals surface area (Å²) < 4.78 is 0. The molecule has 7 nitrogen and oxygen atoms in total. The number of nitrogens with zero attached hydrogens (tertiary/aromatic N) is 4. The van der Waals surface area contributed by atoms with Crippen LogP contribution >= 0.6 is 12.2 Å². The summed E-state index contributed by atoms with van der Waals surface area (Å²) in [6, 6.07) is 9.48. The van der Waals surface area contributed by atoms with Gasteiger partial charge in [0.25, 0.3) is 5.95 Å². The SMILES string of the molecule is Cn1nnc(NC(=S)NC(=O)C=Cc2ccccc2)n1. The molecule has 0 spiro atoms. The van der Waals surface area contributed by atoms with Gasteiger partial charge in [0.15, 0.2) is 5.11 Å². The highest BCUT2D eigenvalue weighted by atomic mass is 32.1. The Morgan fingerprint density at radius 2 is 2.10 bits per heavy atom. The number of carbonyl (C=O) groups excluding carboxylic acids is 1. The van der Waals surface area contributed by atoms with Crippen LogP contribution in [0.15, 0.2) is 36.4 Å². The number of rotatable bonds is 3. The maximum atomic E-state index is 11.6. The van der Waals surface area contributed by atoms with E-state index in [1.54, 1.807) is 13.1 Å². The van der Waals surface area contributed by atoms with Crippen LogP contribution in [0.1, 0.15) is 5.56 Å². The molecule has 0 unspecified atom stereocenters. The van der Waals surface area contributed by atoms with Gasteiger partial charge in [0, 0.05) is 6.08 Å². The summed E-state index contributed by atoms with van der Waals surface area (Å²) in [6.45, 7) is 0. The summed E-state index contributed by atoms with van der Waals surface area (Å²) >= 11 is 4.96. The molecular formula is C12H12N6OS. The average Bonchev–Trinajstić information content (AvgIpc) is 2.83. The second-order valence-corrected chi connectivity index (χ2v) is 4.20. The van der Waals surface area contributed by atoms with Gasteiger partial charge in [-0.3, -0.25) is 15.4 Å². The van der Waals surface area contributed by atoms with Gasteiger partial charge in [0.2, 0.25) is 5.91 Å². The maximum Gasteiger partial charge on any atom is 0.269 e. The van der Waals surface area contributed by atoms with Crippen molar-refractivity contribution in [3.8, 4) is 0 Å². The van der Waals surface area contributed by atoms with Gasteiger partial charge >= 0.3 is 0 Å². The van der Waals surface area contributed by atoms with Crippen LogP contribution in [-0.4, -0.2) is 31.2 Å². The van der Waals surface area contributed by atoms with E-state index in [-0.39, 0.29) is 17.0 Å². The number of carbonyl (C=O) groups is 1. The third kappa shape index (κ3) is 4.25. The smallest absolute Gasteiger partial charge is 0.269 e. The van der Waals surface area contributed by atoms with Crippen molar-refractivity contribution in [1.82, 2.24) is 25.5 Å². The molecule has 102 valence electrons. The Morgan fingerprint density at radius 3 is 2.75 bits per heavy atom. The van der Waals surface area contributed by atoms with Gasteiger partial charge in [-0.1, -0.05) is 35.4 Å². The molecule has 1 heterocycles. The van der Waals surface area contributed by atoms with E-state index in [4.69, 9.17) is 12.2 Å². The number of aryl methyl sites for hydroxylation is 1. The highest BCUT2D eigenvalue weighted by Gasteiger charge is 2.04. The molecule has 0 bridgehead atoms. The summed E-state index contributed by atoms with van der Waals surface area (Å²) in [4.78, 5) is 12.9. The molecule has 20 heavy (non-hydrogen) atoms. The Hall–Kier alpha value is -2.61. The molecule has 1 aromatic carbocycles. The fourth-order valence-corrected chi connectivity index (χ4v) is 1.55. The van der Waals surface area contributed by atoms with Crippen LogP contribution in [0.3, 0.4) is 0 Å². The minimum absolute atomic E-state index is 0.112. The lowest BCUT2D eigenvalue weighted by atomic mass is 10.2. The van der Waals surface area contributed by atoms with E-state index in [2.05, 4.69) is 26.0 Å². The normalized spacial score (nSPS) is 10.4. The highest BCUT2D eigenvalue weighted by molar-refractivity contribution is 7.80. The number of thiocarbonyl (C=S) groups is 1. The van der Waals surface area contributed by atoms with Gasteiger partial charge in [-0.25, -0.2) is 0 Å². The standard InChI is InChI=1S/C12H12N6OS/c1-18-16-11(15-17-18)14-12(20)13-10(19)8-7-9-5-3-2-4-6-9/h2-8H,1H3,(H2,13,14,16,19,20). The summed E-state index contributed by atoms with van der Waals surface area (Å²) in [5.41, 5.74) is 0.928. The maximum absolute atomic E-state index is 11.6. The van der Waals surface area contributed by atoms with Crippen molar-refractivity contribution in [2.24, 2.45) is 7.05 Å². The van der Waals surface area contributed by atoms with Crippen molar-refractivity contribution in [1.29, 1.82) is 0 Å². The zero-order valence-corrected chi connectivity index (χ0v) is 11.5. The van der Waals surface area contributed by atoms with Gasteiger partial charge in [-0.15, -0.1) is 5.10 Å². The number of benzene rings is 1. The lowest BCUT2D eigenvalue weighted by Crippen LogP contribution is -2.33. The molecule has 2 rings (SSSR count). The number of aromatic nitrogens is 4. The second-order valence-electron chi connectivity index (χ2n) is 3.79. The Kier molecular flexibility index (Phi) is 4.51. The summed E-state index contributed by atoms with van der Waals surface area (Å²) in [6.07, 6.45) is 3.09. The van der Waals surface area contributed by atoms with Crippen molar-refractivity contribution in [2.45, 2.75) is 0 Å². The molecule has 0 atom stereocenters. The lowest BCUT2D eigenvalue weighted by molar-refractivity contribution is -0.115. The topological polar surface area (TPSA) is 84.7 Å². The Balaban J connectivity index is 1.85. The van der Waals surface area contributed by atoms with E-state index < -0.39 is 0 Å². The average molecular weight is 288 g/mol. The molecule has 0 saturated carbocycles. The fourth-order valence-electron chi connectivity index (χ4n) is 1.36. The number of amides is 1. The van der Waals surface area contributed by atoms with Gasteiger partial charge in [-0.05, 0) is 29.1 Å². The lowest BCUT2D eigenvalue weighted by Gasteiger charge is -2.03. The quantitative estimate of drug-likeness (QED) is 0.640. The van der Waals surface area contributed by atoms with Gasteiger partial charge in [-0.2, -0.15) is 4.80 Å². The van der Waals surface area contributed by atoms with Gasteiger partial charge < -0.3 is 0 Å². The van der Waals surface area contributed by atoms with Gasteiger partial charge in [0.05, 0.1) is 7.05 Å². The first-order valence-corrected chi connectivity index (χ1v) is 6.13. The Labute approximate surface area is 120 Å². The molecule has 8 heteroatoms. The first-order valence-electron chi connectivity index (χ1n) is 5.72. The molecular weight excluding hydrogens is 276 g/mol. The van der Waals surface area contributed by atoms with Crippen LogP contribution in [0.25, 0.3) is 6.08 Å². The highest BCUT2D eigenvalue weighted by Crippen LogP contribution is 2.00. The summed E-state index contributed by atoms with van der Waals surface area (Å²) in [5, 5.41) is 16.4. The monoisotopic (exact) mass is 288 g/mol. The molecule has 0 saturated heterocycles. The number of anilines is 1. The first kappa shape index (κ1) is 13.8. The van der Waals surface area contributed by atoms with E-state index >= 15 is 0 Å². The Morgan fingerprint density at radius 1 is 1.35 bits per heavy atom. The van der Waals surface area contributed by atoms with Crippen molar-refractivity contribution in [3.05, 3.63) is 42.0 Å². The molecule has 1 aromatic heterocycles. The van der Waals surface area contributed by atoms with Crippen molar-refractivity contribution in [3.63, 3.8) is 0 Å². The molecule has 0 aliphatic carbocycles. The minimum atomic E-state index is -0.338. The van der Waals surface area contributed by atoms with Crippen LogP contribution in [0.2, 0.25) is 0 Å². The predicted octanol–water partition coefficient (Wildman–Crippen LogP) is 0.736. The predicted molar refractivity (Wildman–Crippen MR) is 78.6 cm³/mol. The van der Waals surface area contributed by atoms with Crippen LogP contribution in [0.4, 0.5) is 5.95 Å². The zero-order valence-electron chi connectivity index (χ0n) is 10.6. The largest absolute Gasteiger partial charge is 0.299 e. The van der Waals surface area contributed by atoms with Crippen molar-refractivity contribution >= 4 is 35.3 Å². The van der Waals surface area contributed by atoms with Crippen LogP contribution in [0, 0.1) is 0 Å². The summed E-state index contributed by atoms with van der Waals surface area (Å²) in [5.74, 6) is -0.111.